The lowest BCUT2D eigenvalue weighted by atomic mass is 9.85. The van der Waals surface area contributed by atoms with Gasteiger partial charge in [0.05, 0.1) is 18.2 Å². The molecule has 3 aromatic heterocycles. The number of allylic oxidation sites excluding steroid dienone is 3. The van der Waals surface area contributed by atoms with Gasteiger partial charge in [-0.05, 0) is 99.3 Å². The summed E-state index contributed by atoms with van der Waals surface area (Å²) in [5.41, 5.74) is 10.6. The summed E-state index contributed by atoms with van der Waals surface area (Å²) < 4.78 is 11.0. The quantitative estimate of drug-likeness (QED) is 0.0433. The first-order valence-electron chi connectivity index (χ1n) is 22.4. The van der Waals surface area contributed by atoms with Crippen LogP contribution in [0, 0.1) is 43.4 Å². The number of Topliss-reactive ketones (excluding diaryl/α,β-unsaturated/α-hetero) is 1. The zero-order chi connectivity index (χ0) is 44.1. The molecule has 0 unspecified atom stereocenters. The number of methoxy groups -OCH3 is 1. The van der Waals surface area contributed by atoms with E-state index in [4.69, 9.17) is 9.47 Å². The molecule has 0 saturated carbocycles. The van der Waals surface area contributed by atoms with Gasteiger partial charge in [0.25, 0.3) is 0 Å². The van der Waals surface area contributed by atoms with Crippen molar-refractivity contribution >= 4 is 53.9 Å². The third-order valence-electron chi connectivity index (χ3n) is 13.7. The molecule has 61 heavy (non-hydrogen) atoms. The summed E-state index contributed by atoms with van der Waals surface area (Å²) >= 11 is 0. The molecule has 1 saturated heterocycles. The van der Waals surface area contributed by atoms with Gasteiger partial charge in [-0.1, -0.05) is 85.0 Å². The number of carbonyl (C=O) groups excluding carboxylic acids is 4. The highest BCUT2D eigenvalue weighted by molar-refractivity contribution is 6.24. The van der Waals surface area contributed by atoms with Crippen molar-refractivity contribution in [2.75, 3.05) is 13.7 Å². The van der Waals surface area contributed by atoms with Crippen molar-refractivity contribution in [2.45, 2.75) is 120 Å². The van der Waals surface area contributed by atoms with Gasteiger partial charge in [0.15, 0.2) is 12.1 Å². The van der Waals surface area contributed by atoms with Crippen LogP contribution >= 0.6 is 0 Å². The van der Waals surface area contributed by atoms with E-state index in [2.05, 4.69) is 67.5 Å². The van der Waals surface area contributed by atoms with Gasteiger partial charge >= 0.3 is 11.9 Å². The Balaban J connectivity index is 1.32. The molecule has 10 nitrogen and oxygen atoms in total. The molecular weight excluding hydrogens is 765 g/mol. The van der Waals surface area contributed by atoms with Crippen LogP contribution in [-0.2, 0) is 25.5 Å². The van der Waals surface area contributed by atoms with Gasteiger partial charge in [-0.25, -0.2) is 0 Å². The van der Waals surface area contributed by atoms with Crippen LogP contribution in [-0.4, -0.2) is 52.7 Å². The number of aromatic amines is 3. The first-order chi connectivity index (χ1) is 29.3. The first-order valence-corrected chi connectivity index (χ1v) is 22.4. The number of rotatable bonds is 18. The van der Waals surface area contributed by atoms with Crippen molar-refractivity contribution in [1.29, 1.82) is 0 Å². The number of aldehydes is 1. The van der Waals surface area contributed by atoms with Crippen molar-refractivity contribution in [1.82, 2.24) is 20.3 Å². The fourth-order valence-corrected chi connectivity index (χ4v) is 9.56. The summed E-state index contributed by atoms with van der Waals surface area (Å²) in [5, 5.41) is 5.07. The van der Waals surface area contributed by atoms with Crippen LogP contribution in [0.3, 0.4) is 0 Å². The zero-order valence-corrected chi connectivity index (χ0v) is 37.8. The van der Waals surface area contributed by atoms with Crippen molar-refractivity contribution in [3.63, 3.8) is 0 Å². The predicted octanol–water partition coefficient (Wildman–Crippen LogP) is 9.16. The molecule has 1 fully saturated rings. The Morgan fingerprint density at radius 2 is 1.61 bits per heavy atom. The fourth-order valence-electron chi connectivity index (χ4n) is 9.56. The second kappa shape index (κ2) is 19.6. The molecule has 4 N–H and O–H groups in total. The summed E-state index contributed by atoms with van der Waals surface area (Å²) in [6.45, 7) is 21.4. The molecular formula is C51H66N4O6. The van der Waals surface area contributed by atoms with E-state index in [-0.39, 0.29) is 36.6 Å². The zero-order valence-electron chi connectivity index (χ0n) is 37.8. The number of H-pyrrole nitrogens is 3. The maximum Gasteiger partial charge on any atom is 0.321 e. The Hall–Kier alpha value is -5.38. The van der Waals surface area contributed by atoms with Crippen LogP contribution in [0.1, 0.15) is 165 Å². The van der Waals surface area contributed by atoms with E-state index in [9.17, 15) is 19.2 Å². The van der Waals surface area contributed by atoms with Crippen LogP contribution in [0.4, 0.5) is 0 Å². The fraction of sp³-hybridized carbons (Fsp3) is 0.490. The summed E-state index contributed by atoms with van der Waals surface area (Å²) in [4.78, 5) is 64.5. The van der Waals surface area contributed by atoms with Crippen molar-refractivity contribution in [3.05, 3.63) is 96.5 Å². The lowest BCUT2D eigenvalue weighted by Crippen LogP contribution is -2.25. The number of esters is 2. The first kappa shape index (κ1) is 45.2. The molecule has 3 aliphatic rings. The van der Waals surface area contributed by atoms with E-state index in [0.29, 0.717) is 63.5 Å². The van der Waals surface area contributed by atoms with E-state index >= 15 is 0 Å². The number of ketones is 1. The molecule has 6 rings (SSSR count). The van der Waals surface area contributed by atoms with Crippen LogP contribution in [0.5, 0.6) is 0 Å². The Morgan fingerprint density at radius 3 is 2.30 bits per heavy atom. The Morgan fingerprint density at radius 1 is 0.902 bits per heavy atom. The number of nitrogens with one attached hydrogen (secondary N) is 4. The highest BCUT2D eigenvalue weighted by Gasteiger charge is 2.48. The minimum Gasteiger partial charge on any atom is -0.468 e. The summed E-state index contributed by atoms with van der Waals surface area (Å²) in [5.74, 6) is -1.34. The van der Waals surface area contributed by atoms with Crippen LogP contribution in [0.15, 0.2) is 29.6 Å². The maximum absolute atomic E-state index is 14.4. The second-order valence-corrected chi connectivity index (χ2v) is 17.7. The summed E-state index contributed by atoms with van der Waals surface area (Å²) in [7, 11) is 1.30. The van der Waals surface area contributed by atoms with Gasteiger partial charge in [0.2, 0.25) is 0 Å². The van der Waals surface area contributed by atoms with Crippen LogP contribution in [0.25, 0.3) is 29.9 Å². The minimum absolute atomic E-state index is 0.133. The lowest BCUT2D eigenvalue weighted by molar-refractivity contribution is -0.143. The van der Waals surface area contributed by atoms with E-state index in [1.807, 2.05) is 45.1 Å². The van der Waals surface area contributed by atoms with Gasteiger partial charge in [0, 0.05) is 74.3 Å². The molecule has 3 aromatic rings. The van der Waals surface area contributed by atoms with Gasteiger partial charge < -0.3 is 29.7 Å². The van der Waals surface area contributed by atoms with E-state index < -0.39 is 11.9 Å². The monoisotopic (exact) mass is 830 g/mol. The van der Waals surface area contributed by atoms with Gasteiger partial charge in [-0.3, -0.25) is 19.2 Å². The van der Waals surface area contributed by atoms with Crippen LogP contribution < -0.4 is 16.0 Å². The maximum atomic E-state index is 14.4. The van der Waals surface area contributed by atoms with Crippen LogP contribution in [0.2, 0.25) is 0 Å². The highest BCUT2D eigenvalue weighted by atomic mass is 16.5. The van der Waals surface area contributed by atoms with Gasteiger partial charge in [0.1, 0.15) is 12.5 Å². The standard InChI is InChI=1S/C51H66N4O6/c1-11-28(4)16-14-17-29(5)18-15-19-30(6)22-23-61-44(57)21-20-36-32(8)39-24-38-31(7)34(12-2)41(52-38)26-43-37(27-56)35(13-3)42(53-43)25-40-33(9)45-49(55-40)46(48(36)54-39)47(50(45)58)51(59)60-10/h12,22,24-29,32,36,47,52-55H,2,11,13-21,23H2,1,3-10H3/b30-22+,39-24-,42-25-,43-26-,48-46-/t28-,29+,32+,36+,47-/m1/s1. The topological polar surface area (TPSA) is 146 Å². The van der Waals surface area contributed by atoms with E-state index in [0.717, 1.165) is 64.2 Å². The number of hydrogen-bond acceptors (Lipinski definition) is 7. The second-order valence-electron chi connectivity index (χ2n) is 17.7. The van der Waals surface area contributed by atoms with E-state index in [1.54, 1.807) is 0 Å². The third-order valence-corrected chi connectivity index (χ3v) is 13.7. The molecule has 0 radical (unpaired) electrons. The smallest absolute Gasteiger partial charge is 0.321 e. The molecule has 8 bridgehead atoms. The predicted molar refractivity (Wildman–Crippen MR) is 244 cm³/mol. The van der Waals surface area contributed by atoms with Gasteiger partial charge in [-0.2, -0.15) is 0 Å². The average molecular weight is 831 g/mol. The molecule has 5 heterocycles. The molecule has 326 valence electrons. The highest BCUT2D eigenvalue weighted by Crippen LogP contribution is 2.48. The summed E-state index contributed by atoms with van der Waals surface area (Å²) in [6.07, 6.45) is 20.3. The van der Waals surface area contributed by atoms with Crippen molar-refractivity contribution < 1.29 is 28.7 Å². The molecule has 0 aromatic carbocycles. The number of fused-ring (bicyclic) bond motifs is 7. The molecule has 10 heteroatoms. The molecule has 1 aliphatic carbocycles. The normalized spacial score (nSPS) is 22.3. The summed E-state index contributed by atoms with van der Waals surface area (Å²) in [6, 6.07) is 0. The molecule has 0 amide bonds. The van der Waals surface area contributed by atoms with Crippen molar-refractivity contribution in [3.8, 4) is 0 Å². The molecule has 0 spiro atoms. The largest absolute Gasteiger partial charge is 0.468 e. The Labute approximate surface area is 361 Å². The number of hydrogen-bond donors (Lipinski definition) is 4. The lowest BCUT2D eigenvalue weighted by Gasteiger charge is -2.19. The van der Waals surface area contributed by atoms with Crippen molar-refractivity contribution in [2.24, 2.45) is 29.6 Å². The Kier molecular flexibility index (Phi) is 14.5. The average Bonchev–Trinajstić information content (AvgIpc) is 3.99. The minimum atomic E-state index is -1.19. The van der Waals surface area contributed by atoms with E-state index in [1.165, 1.54) is 44.8 Å². The van der Waals surface area contributed by atoms with Gasteiger partial charge in [-0.15, -0.1) is 0 Å². The molecule has 2 aliphatic heterocycles. The third kappa shape index (κ3) is 9.29. The molecule has 5 atom stereocenters. The SMILES string of the molecule is C=Cc1c2[nH]c(c1C)/C=C1\N/C(=C3\c4[nH]c(c(C)c4C(=O)[C@@H]3C(=O)OC)/C=c3\[nH]/c(c(C=O)c3CC)=C\2)[C@@H](CCC(=O)OC/C=C(\C)CCC[C@@H](C)CCC[C@H](C)CC)[C@@H]1C. The Bertz CT molecular complexity index is 2410. The number of ether oxygens (including phenoxy) is 2. The number of carbonyl (C=O) groups is 4. The number of aromatic nitrogens is 3.